The highest BCUT2D eigenvalue weighted by atomic mass is 14.7. The summed E-state index contributed by atoms with van der Waals surface area (Å²) in [6.45, 7) is 3.77. The van der Waals surface area contributed by atoms with Gasteiger partial charge in [-0.05, 0) is 70.9 Å². The van der Waals surface area contributed by atoms with Crippen molar-refractivity contribution in [2.75, 3.05) is 13.1 Å². The highest BCUT2D eigenvalue weighted by Gasteiger charge is 2.22. The molecule has 6 N–H and O–H groups in total. The van der Waals surface area contributed by atoms with E-state index in [4.69, 9.17) is 17.2 Å². The fourth-order valence-electron chi connectivity index (χ4n) is 3.83. The molecule has 0 bridgehead atoms. The van der Waals surface area contributed by atoms with Crippen LogP contribution in [-0.2, 0) is 0 Å². The molecule has 162 valence electrons. The molecule has 0 aliphatic heterocycles. The van der Waals surface area contributed by atoms with E-state index in [1.54, 1.807) is 0 Å². The molecule has 0 fully saturated rings. The quantitative estimate of drug-likeness (QED) is 0.164. The maximum Gasteiger partial charge on any atom is 0.0155 e. The minimum atomic E-state index is -0.0297. The van der Waals surface area contributed by atoms with Crippen LogP contribution in [0.25, 0.3) is 0 Å². The molecule has 0 heterocycles. The van der Waals surface area contributed by atoms with Crippen LogP contribution in [0.1, 0.15) is 122 Å². The molecular weight excluding hydrogens is 330 g/mol. The van der Waals surface area contributed by atoms with Crippen LogP contribution in [0.2, 0.25) is 0 Å². The predicted molar refractivity (Wildman–Crippen MR) is 123 cm³/mol. The van der Waals surface area contributed by atoms with Gasteiger partial charge in [-0.25, -0.2) is 0 Å². The van der Waals surface area contributed by atoms with E-state index < -0.39 is 0 Å². The van der Waals surface area contributed by atoms with Gasteiger partial charge in [-0.2, -0.15) is 0 Å². The fourth-order valence-corrected chi connectivity index (χ4v) is 3.83. The molecule has 3 nitrogen and oxygen atoms in total. The van der Waals surface area contributed by atoms with Crippen LogP contribution in [0.3, 0.4) is 0 Å². The van der Waals surface area contributed by atoms with Gasteiger partial charge in [-0.3, -0.25) is 0 Å². The third kappa shape index (κ3) is 18.7. The number of allylic oxidation sites excluding steroid dienone is 2. The Morgan fingerprint density at radius 1 is 0.556 bits per heavy atom. The second-order valence-electron chi connectivity index (χ2n) is 8.48. The lowest BCUT2D eigenvalue weighted by Crippen LogP contribution is -2.40. The summed E-state index contributed by atoms with van der Waals surface area (Å²) in [4.78, 5) is 0. The third-order valence-corrected chi connectivity index (χ3v) is 5.69. The van der Waals surface area contributed by atoms with Crippen molar-refractivity contribution in [3.05, 3.63) is 12.2 Å². The van der Waals surface area contributed by atoms with Crippen molar-refractivity contribution >= 4 is 0 Å². The average molecular weight is 382 g/mol. The highest BCUT2D eigenvalue weighted by Crippen LogP contribution is 2.23. The van der Waals surface area contributed by atoms with Crippen molar-refractivity contribution in [1.82, 2.24) is 0 Å². The molecule has 0 aliphatic carbocycles. The minimum absolute atomic E-state index is 0.0297. The van der Waals surface area contributed by atoms with Crippen molar-refractivity contribution < 1.29 is 0 Å². The molecular formula is C24H51N3. The first-order valence-corrected chi connectivity index (χ1v) is 12.0. The number of nitrogens with two attached hydrogens (primary N) is 3. The summed E-state index contributed by atoms with van der Waals surface area (Å²) >= 11 is 0. The SMILES string of the molecule is CCCCCCCC/C=C\CCCCCCCC(N)(CCCN)CCCN. The maximum atomic E-state index is 6.60. The van der Waals surface area contributed by atoms with E-state index in [1.807, 2.05) is 0 Å². The van der Waals surface area contributed by atoms with E-state index in [0.29, 0.717) is 0 Å². The van der Waals surface area contributed by atoms with Gasteiger partial charge >= 0.3 is 0 Å². The second kappa shape index (κ2) is 20.4. The minimum Gasteiger partial charge on any atom is -0.330 e. The molecule has 0 saturated carbocycles. The maximum absolute atomic E-state index is 6.60. The summed E-state index contributed by atoms with van der Waals surface area (Å²) in [7, 11) is 0. The molecule has 0 unspecified atom stereocenters. The van der Waals surface area contributed by atoms with Gasteiger partial charge in [0.25, 0.3) is 0 Å². The van der Waals surface area contributed by atoms with E-state index in [0.717, 1.165) is 45.2 Å². The first-order chi connectivity index (χ1) is 13.2. The largest absolute Gasteiger partial charge is 0.330 e. The van der Waals surface area contributed by atoms with Gasteiger partial charge in [0, 0.05) is 5.54 Å². The lowest BCUT2D eigenvalue weighted by Gasteiger charge is -2.29. The highest BCUT2D eigenvalue weighted by molar-refractivity contribution is 4.84. The molecule has 0 spiro atoms. The lowest BCUT2D eigenvalue weighted by atomic mass is 9.84. The first kappa shape index (κ1) is 26.6. The summed E-state index contributed by atoms with van der Waals surface area (Å²) in [6.07, 6.45) is 27.6. The topological polar surface area (TPSA) is 78.1 Å². The standard InChI is InChI=1S/C24H51N3/c1-2-3-4-5-6-7-8-9-10-11-12-13-14-15-16-19-24(27,20-17-22-25)21-18-23-26/h9-10H,2-8,11-23,25-27H2,1H3/b10-9-. The zero-order chi connectivity index (χ0) is 20.1. The first-order valence-electron chi connectivity index (χ1n) is 12.0. The molecule has 0 aromatic carbocycles. The number of rotatable bonds is 21. The lowest BCUT2D eigenvalue weighted by molar-refractivity contribution is 0.314. The van der Waals surface area contributed by atoms with E-state index >= 15 is 0 Å². The van der Waals surface area contributed by atoms with Gasteiger partial charge in [0.1, 0.15) is 0 Å². The van der Waals surface area contributed by atoms with E-state index in [-0.39, 0.29) is 5.54 Å². The normalized spacial score (nSPS) is 12.3. The Morgan fingerprint density at radius 3 is 1.44 bits per heavy atom. The van der Waals surface area contributed by atoms with Gasteiger partial charge in [0.05, 0.1) is 0 Å². The van der Waals surface area contributed by atoms with Gasteiger partial charge in [0.2, 0.25) is 0 Å². The zero-order valence-corrected chi connectivity index (χ0v) is 18.5. The molecule has 0 rings (SSSR count). The molecule has 0 amide bonds. The smallest absolute Gasteiger partial charge is 0.0155 e. The van der Waals surface area contributed by atoms with Gasteiger partial charge in [0.15, 0.2) is 0 Å². The molecule has 0 aromatic heterocycles. The number of hydrogen-bond acceptors (Lipinski definition) is 3. The summed E-state index contributed by atoms with van der Waals surface area (Å²) in [5, 5.41) is 0. The van der Waals surface area contributed by atoms with E-state index in [2.05, 4.69) is 19.1 Å². The van der Waals surface area contributed by atoms with E-state index in [9.17, 15) is 0 Å². The number of hydrogen-bond donors (Lipinski definition) is 3. The van der Waals surface area contributed by atoms with Crippen molar-refractivity contribution in [2.45, 2.75) is 128 Å². The molecule has 0 radical (unpaired) electrons. The van der Waals surface area contributed by atoms with Crippen LogP contribution in [0.5, 0.6) is 0 Å². The molecule has 3 heteroatoms. The molecule has 27 heavy (non-hydrogen) atoms. The van der Waals surface area contributed by atoms with Crippen LogP contribution in [0, 0.1) is 0 Å². The van der Waals surface area contributed by atoms with Gasteiger partial charge in [-0.15, -0.1) is 0 Å². The third-order valence-electron chi connectivity index (χ3n) is 5.69. The Hall–Kier alpha value is -0.380. The Morgan fingerprint density at radius 2 is 0.963 bits per heavy atom. The van der Waals surface area contributed by atoms with Gasteiger partial charge < -0.3 is 17.2 Å². The summed E-state index contributed by atoms with van der Waals surface area (Å²) < 4.78 is 0. The van der Waals surface area contributed by atoms with Gasteiger partial charge in [-0.1, -0.05) is 76.9 Å². The van der Waals surface area contributed by atoms with E-state index in [1.165, 1.54) is 83.5 Å². The summed E-state index contributed by atoms with van der Waals surface area (Å²) in [5.41, 5.74) is 17.9. The summed E-state index contributed by atoms with van der Waals surface area (Å²) in [6, 6.07) is 0. The van der Waals surface area contributed by atoms with Crippen LogP contribution < -0.4 is 17.2 Å². The van der Waals surface area contributed by atoms with Crippen molar-refractivity contribution in [3.63, 3.8) is 0 Å². The van der Waals surface area contributed by atoms with Crippen molar-refractivity contribution in [1.29, 1.82) is 0 Å². The van der Waals surface area contributed by atoms with Crippen molar-refractivity contribution in [2.24, 2.45) is 17.2 Å². The van der Waals surface area contributed by atoms with Crippen molar-refractivity contribution in [3.8, 4) is 0 Å². The van der Waals surface area contributed by atoms with Crippen LogP contribution in [0.4, 0.5) is 0 Å². The summed E-state index contributed by atoms with van der Waals surface area (Å²) in [5.74, 6) is 0. The Labute approximate surface area is 170 Å². The monoisotopic (exact) mass is 381 g/mol. The zero-order valence-electron chi connectivity index (χ0n) is 18.5. The molecule has 0 aromatic rings. The fraction of sp³-hybridized carbons (Fsp3) is 0.917. The van der Waals surface area contributed by atoms with Crippen LogP contribution in [0.15, 0.2) is 12.2 Å². The van der Waals surface area contributed by atoms with Crippen LogP contribution in [-0.4, -0.2) is 18.6 Å². The Kier molecular flexibility index (Phi) is 20.1. The Balaban J connectivity index is 3.52. The second-order valence-corrected chi connectivity index (χ2v) is 8.48. The molecule has 0 aliphatic rings. The molecule has 0 saturated heterocycles. The molecule has 0 atom stereocenters. The number of unbranched alkanes of at least 4 members (excludes halogenated alkanes) is 11. The van der Waals surface area contributed by atoms with Crippen LogP contribution >= 0.6 is 0 Å². The predicted octanol–water partition coefficient (Wildman–Crippen LogP) is 6.20. The Bertz CT molecular complexity index is 307. The average Bonchev–Trinajstić information content (AvgIpc) is 2.68.